The molecule has 0 aliphatic carbocycles. The van der Waals surface area contributed by atoms with E-state index < -0.39 is 0 Å². The molecule has 1 aliphatic rings. The van der Waals surface area contributed by atoms with Crippen molar-refractivity contribution in [1.82, 2.24) is 4.98 Å². The van der Waals surface area contributed by atoms with Gasteiger partial charge in [-0.2, -0.15) is 0 Å². The molecule has 0 saturated heterocycles. The lowest BCUT2D eigenvalue weighted by Gasteiger charge is -2.20. The Bertz CT molecular complexity index is 669. The molecule has 21 heavy (non-hydrogen) atoms. The third kappa shape index (κ3) is 3.19. The van der Waals surface area contributed by atoms with E-state index in [4.69, 9.17) is 10.7 Å². The third-order valence-corrected chi connectivity index (χ3v) is 3.70. The van der Waals surface area contributed by atoms with Crippen LogP contribution in [0.5, 0.6) is 0 Å². The van der Waals surface area contributed by atoms with E-state index in [1.165, 1.54) is 5.57 Å². The first kappa shape index (κ1) is 13.6. The predicted molar refractivity (Wildman–Crippen MR) is 88.3 cm³/mol. The fraction of sp³-hybridized carbons (Fsp3) is 0.222. The SMILES string of the molecule is C[C@H]1CCC(=Cc2ccc(N)cc2)C(c2cccnc2)=N1. The lowest BCUT2D eigenvalue weighted by molar-refractivity contribution is 0.655. The van der Waals surface area contributed by atoms with E-state index in [1.807, 2.05) is 36.5 Å². The molecule has 0 unspecified atom stereocenters. The maximum Gasteiger partial charge on any atom is 0.0697 e. The Balaban J connectivity index is 2.00. The summed E-state index contributed by atoms with van der Waals surface area (Å²) in [6.45, 7) is 2.16. The van der Waals surface area contributed by atoms with Gasteiger partial charge in [0.25, 0.3) is 0 Å². The molecule has 0 radical (unpaired) electrons. The van der Waals surface area contributed by atoms with Gasteiger partial charge in [0.2, 0.25) is 0 Å². The summed E-state index contributed by atoms with van der Waals surface area (Å²) < 4.78 is 0. The van der Waals surface area contributed by atoms with Crippen LogP contribution in [0, 0.1) is 0 Å². The molecule has 1 aromatic carbocycles. The molecule has 3 heteroatoms. The van der Waals surface area contributed by atoms with Crippen LogP contribution in [-0.2, 0) is 0 Å². The molecule has 0 bridgehead atoms. The number of nitrogens with zero attached hydrogens (tertiary/aromatic N) is 2. The number of benzene rings is 1. The van der Waals surface area contributed by atoms with Crippen molar-refractivity contribution in [3.8, 4) is 0 Å². The molecule has 1 aromatic heterocycles. The number of nitrogens with two attached hydrogens (primary N) is 1. The van der Waals surface area contributed by atoms with Gasteiger partial charge in [-0.25, -0.2) is 0 Å². The highest BCUT2D eigenvalue weighted by molar-refractivity contribution is 6.15. The van der Waals surface area contributed by atoms with Gasteiger partial charge in [0, 0.05) is 29.7 Å². The van der Waals surface area contributed by atoms with Crippen molar-refractivity contribution in [2.24, 2.45) is 4.99 Å². The van der Waals surface area contributed by atoms with Crippen LogP contribution in [-0.4, -0.2) is 16.7 Å². The van der Waals surface area contributed by atoms with Gasteiger partial charge in [0.15, 0.2) is 0 Å². The minimum absolute atomic E-state index is 0.365. The number of nitrogen functional groups attached to an aromatic ring is 1. The summed E-state index contributed by atoms with van der Waals surface area (Å²) in [4.78, 5) is 9.04. The zero-order chi connectivity index (χ0) is 14.7. The smallest absolute Gasteiger partial charge is 0.0697 e. The first-order valence-corrected chi connectivity index (χ1v) is 7.27. The highest BCUT2D eigenvalue weighted by Crippen LogP contribution is 2.25. The highest BCUT2D eigenvalue weighted by atomic mass is 14.8. The maximum atomic E-state index is 5.74. The van der Waals surface area contributed by atoms with Crippen molar-refractivity contribution in [1.29, 1.82) is 0 Å². The summed E-state index contributed by atoms with van der Waals surface area (Å²) in [5.41, 5.74) is 11.1. The van der Waals surface area contributed by atoms with Gasteiger partial charge in [-0.05, 0) is 61.2 Å². The molecule has 106 valence electrons. The molecule has 0 saturated carbocycles. The molecule has 1 atom stereocenters. The summed E-state index contributed by atoms with van der Waals surface area (Å²) in [7, 11) is 0. The van der Waals surface area contributed by atoms with Crippen LogP contribution in [0.25, 0.3) is 6.08 Å². The fourth-order valence-corrected chi connectivity index (χ4v) is 2.55. The fourth-order valence-electron chi connectivity index (χ4n) is 2.55. The van der Waals surface area contributed by atoms with E-state index in [0.29, 0.717) is 6.04 Å². The standard InChI is InChI=1S/C18H19N3/c1-13-4-7-15(11-14-5-8-17(19)9-6-14)18(21-13)16-3-2-10-20-12-16/h2-3,5-6,8-13H,4,7,19H2,1H3/t13-/m0/s1. The van der Waals surface area contributed by atoms with Crippen LogP contribution >= 0.6 is 0 Å². The molecule has 2 N–H and O–H groups in total. The van der Waals surface area contributed by atoms with Crippen molar-refractivity contribution >= 4 is 17.5 Å². The third-order valence-electron chi connectivity index (χ3n) is 3.70. The van der Waals surface area contributed by atoms with Crippen molar-refractivity contribution in [2.45, 2.75) is 25.8 Å². The average Bonchev–Trinajstić information content (AvgIpc) is 2.52. The highest BCUT2D eigenvalue weighted by Gasteiger charge is 2.17. The summed E-state index contributed by atoms with van der Waals surface area (Å²) >= 11 is 0. The second-order valence-electron chi connectivity index (χ2n) is 5.44. The first-order chi connectivity index (χ1) is 10.2. The Hall–Kier alpha value is -2.42. The van der Waals surface area contributed by atoms with Crippen LogP contribution in [0.4, 0.5) is 5.69 Å². The summed E-state index contributed by atoms with van der Waals surface area (Å²) in [6, 6.07) is 12.3. The van der Waals surface area contributed by atoms with E-state index in [9.17, 15) is 0 Å². The minimum Gasteiger partial charge on any atom is -0.399 e. The molecule has 1 aliphatic heterocycles. The average molecular weight is 277 g/mol. The second kappa shape index (κ2) is 5.92. The minimum atomic E-state index is 0.365. The largest absolute Gasteiger partial charge is 0.399 e. The van der Waals surface area contributed by atoms with Crippen LogP contribution in [0.2, 0.25) is 0 Å². The first-order valence-electron chi connectivity index (χ1n) is 7.27. The van der Waals surface area contributed by atoms with Crippen LogP contribution in [0.3, 0.4) is 0 Å². The predicted octanol–water partition coefficient (Wildman–Crippen LogP) is 3.72. The summed E-state index contributed by atoms with van der Waals surface area (Å²) in [6.07, 6.45) is 8.01. The van der Waals surface area contributed by atoms with Crippen LogP contribution in [0.15, 0.2) is 59.4 Å². The number of aromatic nitrogens is 1. The molecule has 3 rings (SSSR count). The Morgan fingerprint density at radius 3 is 2.71 bits per heavy atom. The number of allylic oxidation sites excluding steroid dienone is 1. The normalized spacial score (nSPS) is 20.3. The van der Waals surface area contributed by atoms with Crippen molar-refractivity contribution in [2.75, 3.05) is 5.73 Å². The van der Waals surface area contributed by atoms with Crippen LogP contribution in [0.1, 0.15) is 30.9 Å². The second-order valence-corrected chi connectivity index (χ2v) is 5.44. The molecule has 0 spiro atoms. The van der Waals surface area contributed by atoms with Crippen molar-refractivity contribution in [3.63, 3.8) is 0 Å². The number of anilines is 1. The van der Waals surface area contributed by atoms with Gasteiger partial charge in [-0.1, -0.05) is 12.1 Å². The Morgan fingerprint density at radius 1 is 1.19 bits per heavy atom. The summed E-state index contributed by atoms with van der Waals surface area (Å²) in [5, 5.41) is 0. The number of aliphatic imine (C=N–C) groups is 1. The van der Waals surface area contributed by atoms with E-state index in [1.54, 1.807) is 6.20 Å². The number of pyridine rings is 1. The zero-order valence-electron chi connectivity index (χ0n) is 12.2. The van der Waals surface area contributed by atoms with Gasteiger partial charge in [0.05, 0.1) is 5.71 Å². The van der Waals surface area contributed by atoms with Gasteiger partial charge < -0.3 is 5.73 Å². The number of hydrogen-bond donors (Lipinski definition) is 1. The molecule has 0 amide bonds. The van der Waals surface area contributed by atoms with Crippen LogP contribution < -0.4 is 5.73 Å². The topological polar surface area (TPSA) is 51.3 Å². The summed E-state index contributed by atoms with van der Waals surface area (Å²) in [5.74, 6) is 0. The van der Waals surface area contributed by atoms with E-state index in [0.717, 1.165) is 35.4 Å². The Labute approximate surface area is 125 Å². The van der Waals surface area contributed by atoms with Gasteiger partial charge in [-0.15, -0.1) is 0 Å². The molecular formula is C18H19N3. The number of hydrogen-bond acceptors (Lipinski definition) is 3. The Morgan fingerprint density at radius 2 is 2.00 bits per heavy atom. The van der Waals surface area contributed by atoms with Gasteiger partial charge in [0.1, 0.15) is 0 Å². The monoisotopic (exact) mass is 277 g/mol. The molecule has 2 heterocycles. The lowest BCUT2D eigenvalue weighted by atomic mass is 9.92. The molecular weight excluding hydrogens is 258 g/mol. The van der Waals surface area contributed by atoms with Gasteiger partial charge >= 0.3 is 0 Å². The lowest BCUT2D eigenvalue weighted by Crippen LogP contribution is -2.16. The van der Waals surface area contributed by atoms with E-state index in [-0.39, 0.29) is 0 Å². The number of rotatable bonds is 2. The quantitative estimate of drug-likeness (QED) is 0.851. The Kier molecular flexibility index (Phi) is 3.82. The molecule has 0 fully saturated rings. The molecule has 3 nitrogen and oxygen atoms in total. The zero-order valence-corrected chi connectivity index (χ0v) is 12.2. The van der Waals surface area contributed by atoms with Crippen molar-refractivity contribution in [3.05, 3.63) is 65.5 Å². The van der Waals surface area contributed by atoms with E-state index >= 15 is 0 Å². The maximum absolute atomic E-state index is 5.74. The van der Waals surface area contributed by atoms with E-state index in [2.05, 4.69) is 24.1 Å². The molecule has 2 aromatic rings. The van der Waals surface area contributed by atoms with Gasteiger partial charge in [-0.3, -0.25) is 9.98 Å². The van der Waals surface area contributed by atoms with Crippen molar-refractivity contribution < 1.29 is 0 Å².